The van der Waals surface area contributed by atoms with Crippen molar-refractivity contribution in [2.45, 2.75) is 6.54 Å². The minimum Gasteiger partial charge on any atom is -0.497 e. The number of piperazine rings is 1. The van der Waals surface area contributed by atoms with Crippen LogP contribution in [0, 0.1) is 5.82 Å². The smallest absolute Gasteiger partial charge is 0.274 e. The third-order valence-corrected chi connectivity index (χ3v) is 6.23. The van der Waals surface area contributed by atoms with Crippen LogP contribution in [-0.4, -0.2) is 64.1 Å². The zero-order valence-electron chi connectivity index (χ0n) is 20.2. The van der Waals surface area contributed by atoms with Crippen LogP contribution in [-0.2, 0) is 6.54 Å². The van der Waals surface area contributed by atoms with Gasteiger partial charge in [0.05, 0.1) is 19.3 Å². The number of ether oxygens (including phenoxy) is 1. The van der Waals surface area contributed by atoms with E-state index in [2.05, 4.69) is 20.2 Å². The van der Waals surface area contributed by atoms with Gasteiger partial charge in [-0.25, -0.2) is 9.07 Å². The minimum atomic E-state index is -0.393. The average Bonchev–Trinajstić information content (AvgIpc) is 2.94. The zero-order valence-corrected chi connectivity index (χ0v) is 20.2. The molecule has 9 nitrogen and oxygen atoms in total. The summed E-state index contributed by atoms with van der Waals surface area (Å²) in [5.74, 6) is 0.872. The van der Waals surface area contributed by atoms with Gasteiger partial charge < -0.3 is 14.5 Å². The maximum atomic E-state index is 13.5. The number of hydrogen-bond acceptors (Lipinski definition) is 7. The van der Waals surface area contributed by atoms with Crippen LogP contribution in [0.3, 0.4) is 0 Å². The van der Waals surface area contributed by atoms with Crippen molar-refractivity contribution in [2.24, 2.45) is 0 Å². The van der Waals surface area contributed by atoms with E-state index in [1.54, 1.807) is 24.1 Å². The molecule has 5 rings (SSSR count). The Bertz CT molecular complexity index is 1450. The molecule has 188 valence electrons. The minimum absolute atomic E-state index is 0.0800. The van der Waals surface area contributed by atoms with E-state index >= 15 is 0 Å². The Hall–Kier alpha value is -4.60. The largest absolute Gasteiger partial charge is 0.497 e. The van der Waals surface area contributed by atoms with Crippen LogP contribution < -0.4 is 15.2 Å². The molecule has 4 aromatic rings. The van der Waals surface area contributed by atoms with E-state index in [1.165, 1.54) is 28.9 Å². The van der Waals surface area contributed by atoms with Gasteiger partial charge in [-0.2, -0.15) is 5.10 Å². The number of hydrogen-bond donors (Lipinski definition) is 0. The van der Waals surface area contributed by atoms with E-state index in [1.807, 2.05) is 36.4 Å². The molecule has 0 saturated carbocycles. The molecule has 0 bridgehead atoms. The predicted molar refractivity (Wildman–Crippen MR) is 136 cm³/mol. The predicted octanol–water partition coefficient (Wildman–Crippen LogP) is 2.86. The van der Waals surface area contributed by atoms with Gasteiger partial charge in [-0.15, -0.1) is 10.2 Å². The van der Waals surface area contributed by atoms with Crippen LogP contribution >= 0.6 is 0 Å². The van der Waals surface area contributed by atoms with Crippen molar-refractivity contribution in [3.05, 3.63) is 100 Å². The van der Waals surface area contributed by atoms with Gasteiger partial charge >= 0.3 is 0 Å². The van der Waals surface area contributed by atoms with Crippen molar-refractivity contribution in [3.63, 3.8) is 0 Å². The number of nitrogens with zero attached hydrogens (tertiary/aromatic N) is 6. The Kier molecular flexibility index (Phi) is 6.89. The summed E-state index contributed by atoms with van der Waals surface area (Å²) >= 11 is 0. The van der Waals surface area contributed by atoms with E-state index in [0.29, 0.717) is 31.7 Å². The molecule has 0 spiro atoms. The van der Waals surface area contributed by atoms with Crippen molar-refractivity contribution in [1.29, 1.82) is 0 Å². The summed E-state index contributed by atoms with van der Waals surface area (Å²) in [7, 11) is 1.63. The van der Waals surface area contributed by atoms with Crippen molar-refractivity contribution in [2.75, 3.05) is 38.2 Å². The Balaban J connectivity index is 1.22. The molecule has 3 heterocycles. The van der Waals surface area contributed by atoms with Crippen LogP contribution in [0.5, 0.6) is 5.75 Å². The van der Waals surface area contributed by atoms with Crippen molar-refractivity contribution >= 4 is 11.7 Å². The standard InChI is InChI=1S/C27H25FN6O3/c1-37-22-7-5-20(6-8-22)23-9-11-25(30-29-23)32-13-15-33(16-14-32)27(36)24-10-12-26(35)34(31-24)18-19-3-2-4-21(28)17-19/h2-12,17H,13-16,18H2,1H3. The van der Waals surface area contributed by atoms with Gasteiger partial charge in [0.2, 0.25) is 0 Å². The molecule has 2 aromatic heterocycles. The fourth-order valence-electron chi connectivity index (χ4n) is 4.19. The Morgan fingerprint density at radius 1 is 0.946 bits per heavy atom. The molecule has 1 saturated heterocycles. The third-order valence-electron chi connectivity index (χ3n) is 6.23. The molecule has 37 heavy (non-hydrogen) atoms. The van der Waals surface area contributed by atoms with Gasteiger partial charge in [0, 0.05) is 37.8 Å². The highest BCUT2D eigenvalue weighted by Gasteiger charge is 2.24. The molecule has 0 N–H and O–H groups in total. The first kappa shape index (κ1) is 24.1. The van der Waals surface area contributed by atoms with E-state index in [4.69, 9.17) is 4.74 Å². The quantitative estimate of drug-likeness (QED) is 0.402. The average molecular weight is 501 g/mol. The van der Waals surface area contributed by atoms with Crippen molar-refractivity contribution in [3.8, 4) is 17.0 Å². The Morgan fingerprint density at radius 3 is 2.41 bits per heavy atom. The molecule has 0 aliphatic carbocycles. The van der Waals surface area contributed by atoms with Gasteiger partial charge in [0.1, 0.15) is 17.3 Å². The second-order valence-corrected chi connectivity index (χ2v) is 8.63. The monoisotopic (exact) mass is 500 g/mol. The highest BCUT2D eigenvalue weighted by atomic mass is 19.1. The van der Waals surface area contributed by atoms with Crippen LogP contribution in [0.2, 0.25) is 0 Å². The Morgan fingerprint density at radius 2 is 1.73 bits per heavy atom. The summed E-state index contributed by atoms with van der Waals surface area (Å²) in [5.41, 5.74) is 2.11. The first-order chi connectivity index (χ1) is 18.0. The number of carbonyl (C=O) groups is 1. The van der Waals surface area contributed by atoms with Gasteiger partial charge in [0.25, 0.3) is 11.5 Å². The highest BCUT2D eigenvalue weighted by molar-refractivity contribution is 5.92. The maximum absolute atomic E-state index is 13.5. The van der Waals surface area contributed by atoms with Crippen LogP contribution in [0.1, 0.15) is 16.1 Å². The van der Waals surface area contributed by atoms with E-state index in [9.17, 15) is 14.0 Å². The molecule has 0 atom stereocenters. The van der Waals surface area contributed by atoms with Crippen molar-refractivity contribution < 1.29 is 13.9 Å². The Labute approximate surface area is 212 Å². The first-order valence-electron chi connectivity index (χ1n) is 11.9. The number of anilines is 1. The molecule has 10 heteroatoms. The number of rotatable bonds is 6. The van der Waals surface area contributed by atoms with Crippen LogP contribution in [0.15, 0.2) is 77.6 Å². The van der Waals surface area contributed by atoms with E-state index in [0.717, 1.165) is 22.8 Å². The number of methoxy groups -OCH3 is 1. The molecule has 2 aromatic carbocycles. The molecule has 1 fully saturated rings. The van der Waals surface area contributed by atoms with Gasteiger partial charge in [-0.3, -0.25) is 9.59 Å². The highest BCUT2D eigenvalue weighted by Crippen LogP contribution is 2.22. The summed E-state index contributed by atoms with van der Waals surface area (Å²) < 4.78 is 19.9. The van der Waals surface area contributed by atoms with E-state index in [-0.39, 0.29) is 23.7 Å². The molecular weight excluding hydrogens is 475 g/mol. The summed E-state index contributed by atoms with van der Waals surface area (Å²) in [6.45, 7) is 2.21. The first-order valence-corrected chi connectivity index (χ1v) is 11.9. The van der Waals surface area contributed by atoms with Crippen molar-refractivity contribution in [1.82, 2.24) is 24.9 Å². The molecule has 1 aliphatic rings. The van der Waals surface area contributed by atoms with Crippen LogP contribution in [0.25, 0.3) is 11.3 Å². The lowest BCUT2D eigenvalue weighted by Crippen LogP contribution is -2.49. The number of amides is 1. The maximum Gasteiger partial charge on any atom is 0.274 e. The molecule has 1 amide bonds. The third kappa shape index (κ3) is 5.48. The normalized spacial score (nSPS) is 13.5. The van der Waals surface area contributed by atoms with Crippen LogP contribution in [0.4, 0.5) is 10.2 Å². The molecule has 0 radical (unpaired) electrons. The lowest BCUT2D eigenvalue weighted by atomic mass is 10.1. The molecular formula is C27H25FN6O3. The lowest BCUT2D eigenvalue weighted by molar-refractivity contribution is 0.0737. The fourth-order valence-corrected chi connectivity index (χ4v) is 4.19. The fraction of sp³-hybridized carbons (Fsp3) is 0.222. The number of carbonyl (C=O) groups excluding carboxylic acids is 1. The topological polar surface area (TPSA) is 93.5 Å². The number of benzene rings is 2. The second kappa shape index (κ2) is 10.6. The summed E-state index contributed by atoms with van der Waals surface area (Å²) in [5, 5.41) is 13.0. The number of aromatic nitrogens is 4. The van der Waals surface area contributed by atoms with Gasteiger partial charge in [0.15, 0.2) is 5.82 Å². The van der Waals surface area contributed by atoms with Gasteiger partial charge in [-0.1, -0.05) is 12.1 Å². The van der Waals surface area contributed by atoms with Gasteiger partial charge in [-0.05, 0) is 60.2 Å². The van der Waals surface area contributed by atoms with E-state index < -0.39 is 5.82 Å². The molecule has 0 unspecified atom stereocenters. The molecule has 1 aliphatic heterocycles. The summed E-state index contributed by atoms with van der Waals surface area (Å²) in [4.78, 5) is 29.1. The SMILES string of the molecule is COc1ccc(-c2ccc(N3CCN(C(=O)c4ccc(=O)n(Cc5cccc(F)c5)n4)CC3)nn2)cc1. The summed E-state index contributed by atoms with van der Waals surface area (Å²) in [6, 6.07) is 20.2. The number of halogens is 1. The lowest BCUT2D eigenvalue weighted by Gasteiger charge is -2.35. The summed E-state index contributed by atoms with van der Waals surface area (Å²) in [6.07, 6.45) is 0. The second-order valence-electron chi connectivity index (χ2n) is 8.63. The zero-order chi connectivity index (χ0) is 25.8.